The minimum absolute atomic E-state index is 0.0293. The number of aliphatic hydroxyl groups is 2. The summed E-state index contributed by atoms with van der Waals surface area (Å²) in [6.45, 7) is 3.62. The molecule has 4 nitrogen and oxygen atoms in total. The van der Waals surface area contributed by atoms with Crippen LogP contribution in [-0.2, 0) is 0 Å². The molecule has 1 aliphatic rings. The van der Waals surface area contributed by atoms with Crippen LogP contribution in [0.2, 0.25) is 0 Å². The number of aliphatic hydroxyl groups excluding tert-OH is 2. The highest BCUT2D eigenvalue weighted by molar-refractivity contribution is 5.91. The summed E-state index contributed by atoms with van der Waals surface area (Å²) in [5, 5.41) is 21.5. The molecule has 0 radical (unpaired) electrons. The Morgan fingerprint density at radius 2 is 2.14 bits per heavy atom. The smallest absolute Gasteiger partial charge is 0.0722 e. The first-order valence-electron chi connectivity index (χ1n) is 8.08. The predicted octanol–water partition coefficient (Wildman–Crippen LogP) is 2.58. The highest BCUT2D eigenvalue weighted by Gasteiger charge is 2.41. The fourth-order valence-corrected chi connectivity index (χ4v) is 3.69. The largest absolute Gasteiger partial charge is 0.396 e. The summed E-state index contributed by atoms with van der Waals surface area (Å²) < 4.78 is 0. The number of anilines is 1. The molecule has 0 saturated carbocycles. The number of benzene rings is 1. The maximum Gasteiger partial charge on any atom is 0.0722 e. The third-order valence-electron chi connectivity index (χ3n) is 4.91. The van der Waals surface area contributed by atoms with Crippen LogP contribution >= 0.6 is 0 Å². The summed E-state index contributed by atoms with van der Waals surface area (Å²) in [6.07, 6.45) is 3.90. The Balaban J connectivity index is 1.97. The van der Waals surface area contributed by atoms with Crippen LogP contribution in [0, 0.1) is 5.41 Å². The number of piperidine rings is 1. The van der Waals surface area contributed by atoms with E-state index in [0.29, 0.717) is 13.0 Å². The van der Waals surface area contributed by atoms with Gasteiger partial charge in [0.15, 0.2) is 0 Å². The molecule has 4 heteroatoms. The molecule has 1 aromatic carbocycles. The Bertz CT molecular complexity index is 641. The number of hydrogen-bond acceptors (Lipinski definition) is 4. The van der Waals surface area contributed by atoms with Crippen LogP contribution in [0.4, 0.5) is 5.69 Å². The Labute approximate surface area is 131 Å². The monoisotopic (exact) mass is 300 g/mol. The van der Waals surface area contributed by atoms with Gasteiger partial charge in [-0.3, -0.25) is 4.98 Å². The lowest BCUT2D eigenvalue weighted by molar-refractivity contribution is -0.0351. The minimum Gasteiger partial charge on any atom is -0.396 e. The van der Waals surface area contributed by atoms with Crippen LogP contribution in [0.15, 0.2) is 36.5 Å². The lowest BCUT2D eigenvalue weighted by atomic mass is 9.74. The van der Waals surface area contributed by atoms with Gasteiger partial charge in [-0.25, -0.2) is 0 Å². The summed E-state index contributed by atoms with van der Waals surface area (Å²) in [6, 6.07) is 10.2. The van der Waals surface area contributed by atoms with Crippen molar-refractivity contribution in [1.82, 2.24) is 4.98 Å². The van der Waals surface area contributed by atoms with Crippen LogP contribution in [-0.4, -0.2) is 41.0 Å². The van der Waals surface area contributed by atoms with E-state index in [1.54, 1.807) is 0 Å². The molecule has 1 aromatic heterocycles. The Morgan fingerprint density at radius 1 is 1.32 bits per heavy atom. The molecular weight excluding hydrogens is 276 g/mol. The molecule has 118 valence electrons. The second-order valence-electron chi connectivity index (χ2n) is 6.34. The van der Waals surface area contributed by atoms with E-state index in [4.69, 9.17) is 0 Å². The lowest BCUT2D eigenvalue weighted by Crippen LogP contribution is -2.54. The van der Waals surface area contributed by atoms with Gasteiger partial charge in [0.1, 0.15) is 0 Å². The van der Waals surface area contributed by atoms with Crippen molar-refractivity contribution in [1.29, 1.82) is 0 Å². The van der Waals surface area contributed by atoms with Crippen LogP contribution < -0.4 is 4.90 Å². The molecule has 1 fully saturated rings. The molecule has 1 aliphatic heterocycles. The zero-order valence-electron chi connectivity index (χ0n) is 13.1. The van der Waals surface area contributed by atoms with E-state index >= 15 is 0 Å². The first kappa shape index (κ1) is 15.3. The van der Waals surface area contributed by atoms with Gasteiger partial charge in [-0.2, -0.15) is 0 Å². The number of aromatic nitrogens is 1. The van der Waals surface area contributed by atoms with Crippen LogP contribution in [0.25, 0.3) is 10.9 Å². The molecule has 2 aromatic rings. The van der Waals surface area contributed by atoms with Crippen molar-refractivity contribution in [2.45, 2.75) is 32.3 Å². The van der Waals surface area contributed by atoms with Gasteiger partial charge in [0, 0.05) is 35.8 Å². The summed E-state index contributed by atoms with van der Waals surface area (Å²) in [5.74, 6) is 0. The molecule has 0 bridgehead atoms. The fraction of sp³-hybridized carbons (Fsp3) is 0.500. The molecule has 2 N–H and O–H groups in total. The van der Waals surface area contributed by atoms with Crippen molar-refractivity contribution in [3.63, 3.8) is 0 Å². The summed E-state index contributed by atoms with van der Waals surface area (Å²) in [5.41, 5.74) is 1.71. The standard InChI is InChI=1S/C18H24N2O2/c1-2-9-18(13-21)12-20(11-8-17(18)22)16-7-10-19-15-6-4-3-5-14(15)16/h3-7,10,17,21-22H,2,8-9,11-13H2,1H3/t17-,18+/m1/s1. The average Bonchev–Trinajstić information content (AvgIpc) is 2.56. The number of nitrogens with zero attached hydrogens (tertiary/aromatic N) is 2. The fourth-order valence-electron chi connectivity index (χ4n) is 3.69. The Morgan fingerprint density at radius 3 is 2.91 bits per heavy atom. The molecule has 2 atom stereocenters. The molecule has 0 amide bonds. The van der Waals surface area contributed by atoms with Gasteiger partial charge in [-0.1, -0.05) is 31.5 Å². The zero-order valence-corrected chi connectivity index (χ0v) is 13.1. The van der Waals surface area contributed by atoms with Crippen molar-refractivity contribution in [3.05, 3.63) is 36.5 Å². The van der Waals surface area contributed by atoms with E-state index < -0.39 is 11.5 Å². The maximum absolute atomic E-state index is 10.4. The number of fused-ring (bicyclic) bond motifs is 1. The van der Waals surface area contributed by atoms with Crippen LogP contribution in [0.5, 0.6) is 0 Å². The summed E-state index contributed by atoms with van der Waals surface area (Å²) in [4.78, 5) is 6.71. The van der Waals surface area contributed by atoms with E-state index in [9.17, 15) is 10.2 Å². The summed E-state index contributed by atoms with van der Waals surface area (Å²) in [7, 11) is 0. The van der Waals surface area contributed by atoms with E-state index in [1.807, 2.05) is 30.5 Å². The number of pyridine rings is 1. The second kappa shape index (κ2) is 6.23. The molecule has 1 saturated heterocycles. The van der Waals surface area contributed by atoms with Crippen LogP contribution in [0.3, 0.4) is 0 Å². The Kier molecular flexibility index (Phi) is 4.32. The van der Waals surface area contributed by atoms with Gasteiger partial charge >= 0.3 is 0 Å². The molecule has 3 rings (SSSR count). The van der Waals surface area contributed by atoms with Gasteiger partial charge in [-0.05, 0) is 25.0 Å². The zero-order chi connectivity index (χ0) is 15.6. The summed E-state index contributed by atoms with van der Waals surface area (Å²) >= 11 is 0. The van der Waals surface area contributed by atoms with Gasteiger partial charge in [0.05, 0.1) is 18.2 Å². The van der Waals surface area contributed by atoms with Crippen molar-refractivity contribution in [2.24, 2.45) is 5.41 Å². The number of para-hydroxylation sites is 1. The molecule has 0 unspecified atom stereocenters. The van der Waals surface area contributed by atoms with Crippen molar-refractivity contribution in [2.75, 3.05) is 24.6 Å². The quantitative estimate of drug-likeness (QED) is 0.911. The highest BCUT2D eigenvalue weighted by Crippen LogP contribution is 2.38. The van der Waals surface area contributed by atoms with Crippen molar-refractivity contribution in [3.8, 4) is 0 Å². The lowest BCUT2D eigenvalue weighted by Gasteiger charge is -2.46. The molecule has 2 heterocycles. The van der Waals surface area contributed by atoms with Gasteiger partial charge in [0.25, 0.3) is 0 Å². The van der Waals surface area contributed by atoms with Gasteiger partial charge in [0.2, 0.25) is 0 Å². The maximum atomic E-state index is 10.4. The number of hydrogen-bond donors (Lipinski definition) is 2. The third kappa shape index (κ3) is 2.57. The Hall–Kier alpha value is -1.65. The molecule has 0 spiro atoms. The van der Waals surface area contributed by atoms with E-state index in [-0.39, 0.29) is 6.61 Å². The SMILES string of the molecule is CCC[C@@]1(CO)CN(c2ccnc3ccccc23)CC[C@H]1O. The topological polar surface area (TPSA) is 56.6 Å². The molecule has 0 aliphatic carbocycles. The second-order valence-corrected chi connectivity index (χ2v) is 6.34. The first-order chi connectivity index (χ1) is 10.7. The average molecular weight is 300 g/mol. The van der Waals surface area contributed by atoms with E-state index in [1.165, 1.54) is 0 Å². The van der Waals surface area contributed by atoms with Gasteiger partial charge < -0.3 is 15.1 Å². The van der Waals surface area contributed by atoms with E-state index in [0.717, 1.165) is 36.0 Å². The van der Waals surface area contributed by atoms with Gasteiger partial charge in [-0.15, -0.1) is 0 Å². The van der Waals surface area contributed by atoms with Crippen molar-refractivity contribution >= 4 is 16.6 Å². The van der Waals surface area contributed by atoms with E-state index in [2.05, 4.69) is 22.9 Å². The van der Waals surface area contributed by atoms with Crippen molar-refractivity contribution < 1.29 is 10.2 Å². The molecule has 22 heavy (non-hydrogen) atoms. The molecular formula is C18H24N2O2. The predicted molar refractivity (Wildman–Crippen MR) is 89.0 cm³/mol. The normalized spacial score (nSPS) is 25.6. The number of rotatable bonds is 4. The minimum atomic E-state index is -0.429. The highest BCUT2D eigenvalue weighted by atomic mass is 16.3. The van der Waals surface area contributed by atoms with Crippen LogP contribution in [0.1, 0.15) is 26.2 Å². The first-order valence-corrected chi connectivity index (χ1v) is 8.08. The third-order valence-corrected chi connectivity index (χ3v) is 4.91.